The van der Waals surface area contributed by atoms with Crippen LogP contribution < -0.4 is 0 Å². The van der Waals surface area contributed by atoms with Crippen molar-refractivity contribution >= 4 is 16.3 Å². The summed E-state index contributed by atoms with van der Waals surface area (Å²) in [7, 11) is 0. The van der Waals surface area contributed by atoms with Gasteiger partial charge in [-0.3, -0.25) is 9.80 Å². The minimum atomic E-state index is -0.896. The minimum absolute atomic E-state index is 0.00338. The Morgan fingerprint density at radius 1 is 1.03 bits per heavy atom. The van der Waals surface area contributed by atoms with Crippen LogP contribution in [0.2, 0.25) is 0 Å². The number of nitrogens with zero attached hydrogens (tertiary/aromatic N) is 5. The van der Waals surface area contributed by atoms with Crippen molar-refractivity contribution in [1.82, 2.24) is 24.4 Å². The van der Waals surface area contributed by atoms with E-state index >= 15 is 0 Å². The van der Waals surface area contributed by atoms with Crippen LogP contribution in [0, 0.1) is 11.6 Å². The van der Waals surface area contributed by atoms with E-state index in [1.165, 1.54) is 27.5 Å². The number of aryl methyl sites for hydroxylation is 1. The Hall–Kier alpha value is -2.88. The minimum Gasteiger partial charge on any atom is -0.492 e. The first kappa shape index (κ1) is 21.9. The third-order valence-electron chi connectivity index (χ3n) is 6.09. The second-order valence-electron chi connectivity index (χ2n) is 8.24. The molecule has 6 nitrogen and oxygen atoms in total. The van der Waals surface area contributed by atoms with Gasteiger partial charge >= 0.3 is 0 Å². The molecule has 0 unspecified atom stereocenters. The normalized spacial score (nSPS) is 16.5. The summed E-state index contributed by atoms with van der Waals surface area (Å²) < 4.78 is 29.3. The lowest BCUT2D eigenvalue weighted by molar-refractivity contribution is 0.105. The SMILES string of the molecule is CCc1nc2sc([C@@H](c3ccc(F)c(F)c3)N3CCN(Cc4ccccc4)CC3)c(O)n2n1. The molecule has 5 rings (SSSR count). The molecular formula is C24H25F2N5OS. The van der Waals surface area contributed by atoms with Gasteiger partial charge in [0.15, 0.2) is 17.5 Å². The van der Waals surface area contributed by atoms with Crippen molar-refractivity contribution in [3.8, 4) is 5.88 Å². The second kappa shape index (κ2) is 9.17. The third kappa shape index (κ3) is 4.36. The Morgan fingerprint density at radius 3 is 2.45 bits per heavy atom. The van der Waals surface area contributed by atoms with Crippen LogP contribution in [0.4, 0.5) is 8.78 Å². The summed E-state index contributed by atoms with van der Waals surface area (Å²) in [4.78, 5) is 10.3. The molecule has 0 radical (unpaired) electrons. The van der Waals surface area contributed by atoms with Gasteiger partial charge in [-0.1, -0.05) is 54.7 Å². The Bertz CT molecular complexity index is 1250. The van der Waals surface area contributed by atoms with Crippen molar-refractivity contribution < 1.29 is 13.9 Å². The average Bonchev–Trinajstić information content (AvgIpc) is 3.37. The summed E-state index contributed by atoms with van der Waals surface area (Å²) in [6.07, 6.45) is 0.666. The Labute approximate surface area is 194 Å². The molecule has 1 N–H and O–H groups in total. The summed E-state index contributed by atoms with van der Waals surface area (Å²) in [5, 5.41) is 15.4. The van der Waals surface area contributed by atoms with Crippen LogP contribution in [0.25, 0.3) is 4.96 Å². The Kier molecular flexibility index (Phi) is 6.09. The van der Waals surface area contributed by atoms with Gasteiger partial charge in [-0.25, -0.2) is 13.8 Å². The zero-order valence-electron chi connectivity index (χ0n) is 18.3. The summed E-state index contributed by atoms with van der Waals surface area (Å²) in [6, 6.07) is 13.9. The van der Waals surface area contributed by atoms with Gasteiger partial charge in [-0.15, -0.1) is 5.10 Å². The van der Waals surface area contributed by atoms with Gasteiger partial charge in [0.25, 0.3) is 0 Å². The number of fused-ring (bicyclic) bond motifs is 1. The monoisotopic (exact) mass is 469 g/mol. The van der Waals surface area contributed by atoms with Crippen molar-refractivity contribution in [3.63, 3.8) is 0 Å². The van der Waals surface area contributed by atoms with Crippen molar-refractivity contribution in [3.05, 3.63) is 82.0 Å². The molecule has 1 aliphatic heterocycles. The van der Waals surface area contributed by atoms with Crippen LogP contribution in [-0.4, -0.2) is 55.7 Å². The molecule has 172 valence electrons. The lowest BCUT2D eigenvalue weighted by Crippen LogP contribution is -2.47. The molecule has 2 aromatic heterocycles. The molecule has 0 spiro atoms. The van der Waals surface area contributed by atoms with Gasteiger partial charge in [0.1, 0.15) is 0 Å². The fourth-order valence-electron chi connectivity index (χ4n) is 4.35. The molecule has 1 saturated heterocycles. The van der Waals surface area contributed by atoms with Crippen LogP contribution in [0.5, 0.6) is 5.88 Å². The lowest BCUT2D eigenvalue weighted by atomic mass is 10.0. The number of piperazine rings is 1. The number of hydrogen-bond acceptors (Lipinski definition) is 6. The third-order valence-corrected chi connectivity index (χ3v) is 7.16. The van der Waals surface area contributed by atoms with Crippen molar-refractivity contribution in [2.45, 2.75) is 25.9 Å². The number of benzene rings is 2. The fourth-order valence-corrected chi connectivity index (χ4v) is 5.49. The number of aromatic nitrogens is 3. The first-order valence-electron chi connectivity index (χ1n) is 11.1. The zero-order chi connectivity index (χ0) is 22.9. The first-order chi connectivity index (χ1) is 16.0. The van der Waals surface area contributed by atoms with Crippen LogP contribution in [-0.2, 0) is 13.0 Å². The van der Waals surface area contributed by atoms with Gasteiger partial charge in [-0.2, -0.15) is 4.52 Å². The van der Waals surface area contributed by atoms with Crippen LogP contribution in [0.1, 0.15) is 34.8 Å². The number of aromatic hydroxyl groups is 1. The van der Waals surface area contributed by atoms with E-state index < -0.39 is 17.7 Å². The van der Waals surface area contributed by atoms with E-state index in [1.807, 2.05) is 25.1 Å². The molecular weight excluding hydrogens is 444 g/mol. The van der Waals surface area contributed by atoms with E-state index in [0.29, 0.717) is 27.6 Å². The molecule has 0 saturated carbocycles. The zero-order valence-corrected chi connectivity index (χ0v) is 19.1. The number of hydrogen-bond donors (Lipinski definition) is 1. The molecule has 4 aromatic rings. The molecule has 2 aromatic carbocycles. The summed E-state index contributed by atoms with van der Waals surface area (Å²) in [5.41, 5.74) is 1.86. The van der Waals surface area contributed by atoms with E-state index in [2.05, 4.69) is 32.0 Å². The van der Waals surface area contributed by atoms with E-state index in [-0.39, 0.29) is 5.88 Å². The molecule has 1 fully saturated rings. The quantitative estimate of drug-likeness (QED) is 0.458. The molecule has 0 bridgehead atoms. The van der Waals surface area contributed by atoms with E-state index in [4.69, 9.17) is 0 Å². The highest BCUT2D eigenvalue weighted by Gasteiger charge is 2.32. The highest BCUT2D eigenvalue weighted by atomic mass is 32.1. The summed E-state index contributed by atoms with van der Waals surface area (Å²) in [5.74, 6) is -1.12. The van der Waals surface area contributed by atoms with Gasteiger partial charge < -0.3 is 5.11 Å². The Balaban J connectivity index is 1.44. The fraction of sp³-hybridized carbons (Fsp3) is 0.333. The maximum Gasteiger partial charge on any atom is 0.230 e. The number of halogens is 2. The van der Waals surface area contributed by atoms with E-state index in [0.717, 1.165) is 38.8 Å². The number of rotatable bonds is 6. The molecule has 1 aliphatic rings. The molecule has 33 heavy (non-hydrogen) atoms. The average molecular weight is 470 g/mol. The Morgan fingerprint density at radius 2 is 1.79 bits per heavy atom. The predicted octanol–water partition coefficient (Wildman–Crippen LogP) is 4.24. The second-order valence-corrected chi connectivity index (χ2v) is 9.25. The van der Waals surface area contributed by atoms with Crippen LogP contribution in [0.15, 0.2) is 48.5 Å². The van der Waals surface area contributed by atoms with Crippen molar-refractivity contribution in [2.24, 2.45) is 0 Å². The highest BCUT2D eigenvalue weighted by molar-refractivity contribution is 7.17. The lowest BCUT2D eigenvalue weighted by Gasteiger charge is -2.39. The van der Waals surface area contributed by atoms with Gasteiger partial charge in [0, 0.05) is 39.1 Å². The van der Waals surface area contributed by atoms with Crippen LogP contribution in [0.3, 0.4) is 0 Å². The summed E-state index contributed by atoms with van der Waals surface area (Å²) >= 11 is 1.34. The van der Waals surface area contributed by atoms with Crippen molar-refractivity contribution in [1.29, 1.82) is 0 Å². The van der Waals surface area contributed by atoms with Crippen molar-refractivity contribution in [2.75, 3.05) is 26.2 Å². The molecule has 3 heterocycles. The highest BCUT2D eigenvalue weighted by Crippen LogP contribution is 2.40. The van der Waals surface area contributed by atoms with Gasteiger partial charge in [0.2, 0.25) is 10.8 Å². The maximum atomic E-state index is 14.2. The topological polar surface area (TPSA) is 56.9 Å². The first-order valence-corrected chi connectivity index (χ1v) is 11.9. The standard InChI is InChI=1S/C24H25F2N5OS/c1-2-20-27-24-31(28-20)23(32)22(33-24)21(17-8-9-18(25)19(26)14-17)30-12-10-29(11-13-30)15-16-6-4-3-5-7-16/h3-9,14,21,32H,2,10-13,15H2,1H3/t21-/m1/s1. The van der Waals surface area contributed by atoms with Gasteiger partial charge in [-0.05, 0) is 23.3 Å². The smallest absolute Gasteiger partial charge is 0.230 e. The van der Waals surface area contributed by atoms with Crippen LogP contribution >= 0.6 is 11.3 Å². The maximum absolute atomic E-state index is 14.2. The number of thiazole rings is 1. The molecule has 0 aliphatic carbocycles. The van der Waals surface area contributed by atoms with Gasteiger partial charge in [0.05, 0.1) is 10.9 Å². The summed E-state index contributed by atoms with van der Waals surface area (Å²) in [6.45, 7) is 5.93. The van der Waals surface area contributed by atoms with E-state index in [1.54, 1.807) is 6.07 Å². The predicted molar refractivity (Wildman–Crippen MR) is 123 cm³/mol. The van der Waals surface area contributed by atoms with E-state index in [9.17, 15) is 13.9 Å². The largest absolute Gasteiger partial charge is 0.492 e. The molecule has 0 amide bonds. The molecule has 1 atom stereocenters. The molecule has 9 heteroatoms.